The molecule has 0 saturated carbocycles. The summed E-state index contributed by atoms with van der Waals surface area (Å²) in [6.07, 6.45) is 2.34. The molecular formula is C26H32NO4P. The molecule has 1 N–H and O–H groups in total. The van der Waals surface area contributed by atoms with Gasteiger partial charge < -0.3 is 5.32 Å². The molecule has 32 heavy (non-hydrogen) atoms. The maximum Gasteiger partial charge on any atom is 0.474 e. The van der Waals surface area contributed by atoms with Crippen LogP contribution in [0.25, 0.3) is 21.9 Å². The molecule has 0 unspecified atom stereocenters. The predicted molar refractivity (Wildman–Crippen MR) is 132 cm³/mol. The molecule has 0 spiro atoms. The molecule has 5 nitrogen and oxygen atoms in total. The van der Waals surface area contributed by atoms with E-state index in [1.807, 2.05) is 6.07 Å². The second kappa shape index (κ2) is 11.4. The number of hydrogen-bond acceptors (Lipinski definition) is 5. The van der Waals surface area contributed by atoms with E-state index in [0.29, 0.717) is 6.61 Å². The van der Waals surface area contributed by atoms with Gasteiger partial charge in [-0.2, -0.15) is 0 Å². The van der Waals surface area contributed by atoms with Crippen molar-refractivity contribution in [1.82, 2.24) is 5.32 Å². The van der Waals surface area contributed by atoms with Crippen molar-refractivity contribution in [2.24, 2.45) is 0 Å². The minimum absolute atomic E-state index is 0.315. The maximum atomic E-state index is 11.9. The molecule has 0 bridgehead atoms. The van der Waals surface area contributed by atoms with Gasteiger partial charge in [-0.15, -0.1) is 0 Å². The highest BCUT2D eigenvalue weighted by atomic mass is 31.2. The quantitative estimate of drug-likeness (QED) is 0.245. The minimum Gasteiger partial charge on any atom is -0.389 e. The lowest BCUT2D eigenvalue weighted by atomic mass is 9.89. The van der Waals surface area contributed by atoms with Gasteiger partial charge in [0.2, 0.25) is 0 Å². The highest BCUT2D eigenvalue weighted by Crippen LogP contribution is 2.47. The number of hydrogen-bond donors (Lipinski definition) is 1. The Kier molecular flexibility index (Phi) is 8.66. The molecule has 0 radical (unpaired) electrons. The molecule has 0 atom stereocenters. The molecule has 0 heterocycles. The van der Waals surface area contributed by atoms with Gasteiger partial charge >= 0.3 is 7.82 Å². The summed E-state index contributed by atoms with van der Waals surface area (Å²) in [7, 11) is -0.765. The fourth-order valence-electron chi connectivity index (χ4n) is 3.83. The Labute approximate surface area is 191 Å². The molecule has 0 saturated heterocycles. The van der Waals surface area contributed by atoms with E-state index in [1.54, 1.807) is 0 Å². The van der Waals surface area contributed by atoms with Gasteiger partial charge in [0.25, 0.3) is 0 Å². The first-order valence-electron chi connectivity index (χ1n) is 10.8. The minimum atomic E-state index is -3.39. The zero-order valence-electron chi connectivity index (χ0n) is 19.1. The van der Waals surface area contributed by atoms with Gasteiger partial charge in [-0.1, -0.05) is 67.2 Å². The fraction of sp³-hybridized carbons (Fsp3) is 0.308. The molecule has 170 valence electrons. The predicted octanol–water partition coefficient (Wildman–Crippen LogP) is 6.66. The first-order valence-corrected chi connectivity index (χ1v) is 12.3. The molecule has 0 aromatic heterocycles. The number of nitrogens with one attached hydrogen (secondary N) is 1. The van der Waals surface area contributed by atoms with Crippen LogP contribution in [0.3, 0.4) is 0 Å². The highest BCUT2D eigenvalue weighted by Gasteiger charge is 2.21. The first kappa shape index (κ1) is 24.2. The lowest BCUT2D eigenvalue weighted by molar-refractivity contribution is 0.150. The molecular weight excluding hydrogens is 421 g/mol. The second-order valence-corrected chi connectivity index (χ2v) is 9.58. The normalized spacial score (nSPS) is 11.6. The summed E-state index contributed by atoms with van der Waals surface area (Å²) >= 11 is 0. The van der Waals surface area contributed by atoms with Crippen molar-refractivity contribution in [1.29, 1.82) is 0 Å². The van der Waals surface area contributed by atoms with Crippen molar-refractivity contribution in [3.8, 4) is 11.1 Å². The van der Waals surface area contributed by atoms with E-state index in [1.165, 1.54) is 47.2 Å². The lowest BCUT2D eigenvalue weighted by Gasteiger charge is -2.17. The second-order valence-electron chi connectivity index (χ2n) is 7.70. The van der Waals surface area contributed by atoms with Crippen LogP contribution in [0.15, 0.2) is 72.9 Å². The number of unbranched alkanes of at least 4 members (excludes halogenated alkanes) is 1. The summed E-state index contributed by atoms with van der Waals surface area (Å²) in [5, 5.41) is 5.96. The van der Waals surface area contributed by atoms with E-state index in [-0.39, 0.29) is 0 Å². The molecule has 0 amide bonds. The molecule has 0 fully saturated rings. The van der Waals surface area contributed by atoms with Crippen molar-refractivity contribution in [3.05, 3.63) is 84.1 Å². The standard InChI is InChI=1S/C26H32NO4P/c1-20-11-10-14-23-15-16-24(26(25(20)23)22-12-6-5-7-13-22)19-21(2)27-17-8-9-18-31-32(28,29-3)30-4/h5-7,10-16,27H,2,8-9,17-19H2,1,3-4H3. The van der Waals surface area contributed by atoms with Crippen LogP contribution < -0.4 is 5.32 Å². The van der Waals surface area contributed by atoms with Crippen LogP contribution in [-0.4, -0.2) is 27.4 Å². The first-order chi connectivity index (χ1) is 15.5. The van der Waals surface area contributed by atoms with Gasteiger partial charge in [-0.05, 0) is 52.8 Å². The molecule has 3 rings (SSSR count). The third-order valence-electron chi connectivity index (χ3n) is 5.45. The molecule has 3 aromatic rings. The molecule has 0 aliphatic heterocycles. The Morgan fingerprint density at radius 3 is 2.44 bits per heavy atom. The molecule has 0 aliphatic carbocycles. The van der Waals surface area contributed by atoms with Gasteiger partial charge in [0.1, 0.15) is 0 Å². The summed E-state index contributed by atoms with van der Waals surface area (Å²) in [6, 6.07) is 21.4. The van der Waals surface area contributed by atoms with E-state index < -0.39 is 7.82 Å². The summed E-state index contributed by atoms with van der Waals surface area (Å²) < 4.78 is 26.6. The third kappa shape index (κ3) is 6.08. The molecule has 0 aliphatic rings. The van der Waals surface area contributed by atoms with Gasteiger partial charge in [-0.3, -0.25) is 13.6 Å². The van der Waals surface area contributed by atoms with Crippen molar-refractivity contribution in [3.63, 3.8) is 0 Å². The van der Waals surface area contributed by atoms with Gasteiger partial charge in [-0.25, -0.2) is 4.57 Å². The van der Waals surface area contributed by atoms with Crippen LogP contribution in [0.5, 0.6) is 0 Å². The molecule has 6 heteroatoms. The van der Waals surface area contributed by atoms with Crippen LogP contribution in [-0.2, 0) is 24.6 Å². The summed E-state index contributed by atoms with van der Waals surface area (Å²) in [6.45, 7) is 7.49. The topological polar surface area (TPSA) is 56.8 Å². The van der Waals surface area contributed by atoms with E-state index in [9.17, 15) is 4.57 Å². The van der Waals surface area contributed by atoms with E-state index in [2.05, 4.69) is 73.4 Å². The Balaban J connectivity index is 1.65. The summed E-state index contributed by atoms with van der Waals surface area (Å²) in [5.74, 6) is 0. The number of benzene rings is 3. The Hall–Kier alpha value is -2.43. The lowest BCUT2D eigenvalue weighted by Crippen LogP contribution is -2.16. The van der Waals surface area contributed by atoms with Crippen molar-refractivity contribution in [2.75, 3.05) is 27.4 Å². The zero-order chi connectivity index (χ0) is 23.0. The number of rotatable bonds is 12. The number of aryl methyl sites for hydroxylation is 1. The summed E-state index contributed by atoms with van der Waals surface area (Å²) in [5.41, 5.74) is 5.97. The van der Waals surface area contributed by atoms with E-state index in [0.717, 1.165) is 31.5 Å². The van der Waals surface area contributed by atoms with Crippen molar-refractivity contribution >= 4 is 18.6 Å². The van der Waals surface area contributed by atoms with Crippen molar-refractivity contribution < 1.29 is 18.1 Å². The fourth-order valence-corrected chi connectivity index (χ4v) is 4.54. The van der Waals surface area contributed by atoms with Crippen LogP contribution in [0.4, 0.5) is 0 Å². The SMILES string of the molecule is C=C(Cc1ccc2cccc(C)c2c1-c1ccccc1)NCCCCOP(=O)(OC)OC. The average Bonchev–Trinajstić information content (AvgIpc) is 2.82. The number of allylic oxidation sites excluding steroid dienone is 1. The zero-order valence-corrected chi connectivity index (χ0v) is 20.0. The third-order valence-corrected chi connectivity index (χ3v) is 6.84. The monoisotopic (exact) mass is 453 g/mol. The van der Waals surface area contributed by atoms with Crippen LogP contribution in [0, 0.1) is 6.92 Å². The number of fused-ring (bicyclic) bond motifs is 1. The van der Waals surface area contributed by atoms with Crippen LogP contribution in [0.2, 0.25) is 0 Å². The van der Waals surface area contributed by atoms with Gasteiger partial charge in [0.05, 0.1) is 6.61 Å². The number of phosphoric ester groups is 1. The highest BCUT2D eigenvalue weighted by molar-refractivity contribution is 7.48. The Bertz CT molecular complexity index is 1090. The number of phosphoric acid groups is 1. The maximum absolute atomic E-state index is 11.9. The van der Waals surface area contributed by atoms with Gasteiger partial charge in [0.15, 0.2) is 0 Å². The van der Waals surface area contributed by atoms with E-state index >= 15 is 0 Å². The summed E-state index contributed by atoms with van der Waals surface area (Å²) in [4.78, 5) is 0. The van der Waals surface area contributed by atoms with Crippen LogP contribution >= 0.6 is 7.82 Å². The van der Waals surface area contributed by atoms with Gasteiger partial charge in [0, 0.05) is 32.9 Å². The van der Waals surface area contributed by atoms with Crippen molar-refractivity contribution in [2.45, 2.75) is 26.2 Å². The Morgan fingerprint density at radius 1 is 0.969 bits per heavy atom. The van der Waals surface area contributed by atoms with Crippen LogP contribution in [0.1, 0.15) is 24.0 Å². The molecule has 3 aromatic carbocycles. The Morgan fingerprint density at radius 2 is 1.72 bits per heavy atom. The van der Waals surface area contributed by atoms with E-state index in [4.69, 9.17) is 13.6 Å². The largest absolute Gasteiger partial charge is 0.474 e. The smallest absolute Gasteiger partial charge is 0.389 e. The average molecular weight is 454 g/mol.